The number of rotatable bonds is 6. The molecule has 148 valence electrons. The average Bonchev–Trinajstić information content (AvgIpc) is 2.70. The van der Waals surface area contributed by atoms with Gasteiger partial charge in [0.05, 0.1) is 10.9 Å². The number of nitrogens with two attached hydrogens (primary N) is 1. The summed E-state index contributed by atoms with van der Waals surface area (Å²) in [5.74, 6) is 0.825. The molecule has 7 nitrogen and oxygen atoms in total. The first-order valence-electron chi connectivity index (χ1n) is 9.06. The monoisotopic (exact) mass is 403 g/mol. The summed E-state index contributed by atoms with van der Waals surface area (Å²) in [5.41, 5.74) is 5.17. The number of halogens is 1. The molecular formula is C20H22ClN3O4. The number of hydrogen-bond acceptors (Lipinski definition) is 6. The van der Waals surface area contributed by atoms with Crippen molar-refractivity contribution in [1.82, 2.24) is 4.98 Å². The lowest BCUT2D eigenvalue weighted by Gasteiger charge is -2.31. The summed E-state index contributed by atoms with van der Waals surface area (Å²) in [6, 6.07) is 10.2. The maximum Gasteiger partial charge on any atom is 0.314 e. The topological polar surface area (TPSA) is 94.8 Å². The van der Waals surface area contributed by atoms with Crippen LogP contribution in [0.15, 0.2) is 42.6 Å². The molecule has 8 heteroatoms. The van der Waals surface area contributed by atoms with Crippen LogP contribution < -0.4 is 20.1 Å². The molecule has 3 rings (SSSR count). The highest BCUT2D eigenvalue weighted by Crippen LogP contribution is 2.25. The number of amides is 1. The van der Waals surface area contributed by atoms with Crippen LogP contribution in [0.5, 0.6) is 11.5 Å². The predicted molar refractivity (Wildman–Crippen MR) is 106 cm³/mol. The summed E-state index contributed by atoms with van der Waals surface area (Å²) in [7, 11) is 0. The molecule has 0 aliphatic carbocycles. The number of carbonyl (C=O) groups excluding carboxylic acids is 2. The standard InChI is InChI=1S/C20H22ClN3O4/c1-13(19(22)25)27-16-3-5-17(6-4-16)28-20(26)14-8-10-24(11-9-14)18-7-2-15(21)12-23-18/h2-7,12-14H,8-11H2,1H3,(H2,22,25)/t13-/m1/s1. The lowest BCUT2D eigenvalue weighted by atomic mass is 9.97. The molecule has 1 aliphatic rings. The minimum absolute atomic E-state index is 0.158. The third-order valence-electron chi connectivity index (χ3n) is 4.62. The number of aromatic nitrogens is 1. The number of anilines is 1. The first kappa shape index (κ1) is 19.9. The van der Waals surface area contributed by atoms with Crippen molar-refractivity contribution in [2.24, 2.45) is 11.7 Å². The van der Waals surface area contributed by atoms with Crippen LogP contribution in [0, 0.1) is 5.92 Å². The fourth-order valence-corrected chi connectivity index (χ4v) is 3.06. The number of primary amides is 1. The Morgan fingerprint density at radius 2 is 1.79 bits per heavy atom. The molecule has 2 heterocycles. The Balaban J connectivity index is 1.50. The van der Waals surface area contributed by atoms with E-state index < -0.39 is 12.0 Å². The van der Waals surface area contributed by atoms with Gasteiger partial charge in [0.1, 0.15) is 17.3 Å². The Kier molecular flexibility index (Phi) is 6.36. The van der Waals surface area contributed by atoms with Crippen molar-refractivity contribution in [1.29, 1.82) is 0 Å². The maximum atomic E-state index is 12.4. The number of carbonyl (C=O) groups is 2. The van der Waals surface area contributed by atoms with E-state index in [1.165, 1.54) is 0 Å². The first-order valence-corrected chi connectivity index (χ1v) is 9.44. The molecule has 0 saturated carbocycles. The SMILES string of the molecule is C[C@@H](Oc1ccc(OC(=O)C2CCN(c3ccc(Cl)cn3)CC2)cc1)C(N)=O. The van der Waals surface area contributed by atoms with E-state index in [4.69, 9.17) is 26.8 Å². The van der Waals surface area contributed by atoms with E-state index in [1.54, 1.807) is 37.4 Å². The van der Waals surface area contributed by atoms with Gasteiger partial charge in [-0.15, -0.1) is 0 Å². The van der Waals surface area contributed by atoms with Crippen molar-refractivity contribution in [3.8, 4) is 11.5 Å². The summed E-state index contributed by atoms with van der Waals surface area (Å²) in [5, 5.41) is 0.600. The number of esters is 1. The van der Waals surface area contributed by atoms with Crippen LogP contribution in [0.4, 0.5) is 5.82 Å². The lowest BCUT2D eigenvalue weighted by Crippen LogP contribution is -2.38. The smallest absolute Gasteiger partial charge is 0.314 e. The van der Waals surface area contributed by atoms with Crippen molar-refractivity contribution in [3.05, 3.63) is 47.6 Å². The van der Waals surface area contributed by atoms with Gasteiger partial charge >= 0.3 is 5.97 Å². The molecule has 1 atom stereocenters. The van der Waals surface area contributed by atoms with E-state index in [0.29, 0.717) is 29.4 Å². The molecule has 0 unspecified atom stereocenters. The quantitative estimate of drug-likeness (QED) is 0.588. The van der Waals surface area contributed by atoms with E-state index in [9.17, 15) is 9.59 Å². The zero-order chi connectivity index (χ0) is 20.1. The number of piperidine rings is 1. The van der Waals surface area contributed by atoms with E-state index in [1.807, 2.05) is 12.1 Å². The Bertz CT molecular complexity index is 818. The van der Waals surface area contributed by atoms with Crippen LogP contribution in [0.1, 0.15) is 19.8 Å². The maximum absolute atomic E-state index is 12.4. The number of ether oxygens (including phenoxy) is 2. The van der Waals surface area contributed by atoms with Gasteiger partial charge in [-0.25, -0.2) is 4.98 Å². The zero-order valence-corrected chi connectivity index (χ0v) is 16.3. The molecule has 1 aromatic heterocycles. The van der Waals surface area contributed by atoms with Crippen LogP contribution in [0.25, 0.3) is 0 Å². The summed E-state index contributed by atoms with van der Waals surface area (Å²) in [6.07, 6.45) is 2.28. The summed E-state index contributed by atoms with van der Waals surface area (Å²) in [6.45, 7) is 3.03. The van der Waals surface area contributed by atoms with Crippen LogP contribution in [0.3, 0.4) is 0 Å². The van der Waals surface area contributed by atoms with Gasteiger partial charge in [0.15, 0.2) is 6.10 Å². The van der Waals surface area contributed by atoms with Gasteiger partial charge in [-0.1, -0.05) is 11.6 Å². The fraction of sp³-hybridized carbons (Fsp3) is 0.350. The van der Waals surface area contributed by atoms with Crippen molar-refractivity contribution in [2.75, 3.05) is 18.0 Å². The highest BCUT2D eigenvalue weighted by atomic mass is 35.5. The average molecular weight is 404 g/mol. The van der Waals surface area contributed by atoms with Gasteiger partial charge in [0.2, 0.25) is 0 Å². The van der Waals surface area contributed by atoms with E-state index in [0.717, 1.165) is 18.9 Å². The van der Waals surface area contributed by atoms with Gasteiger partial charge in [-0.2, -0.15) is 0 Å². The van der Waals surface area contributed by atoms with E-state index in [-0.39, 0.29) is 11.9 Å². The Labute approximate surface area is 168 Å². The van der Waals surface area contributed by atoms with Crippen molar-refractivity contribution >= 4 is 29.3 Å². The summed E-state index contributed by atoms with van der Waals surface area (Å²) >= 11 is 5.87. The predicted octanol–water partition coefficient (Wildman–Crippen LogP) is 2.81. The van der Waals surface area contributed by atoms with Crippen LogP contribution in [-0.4, -0.2) is 36.1 Å². The number of pyridine rings is 1. The largest absolute Gasteiger partial charge is 0.481 e. The van der Waals surface area contributed by atoms with Gasteiger partial charge in [0.25, 0.3) is 5.91 Å². The molecule has 1 fully saturated rings. The second-order valence-corrected chi connectivity index (χ2v) is 7.09. The van der Waals surface area contributed by atoms with Gasteiger partial charge in [-0.05, 0) is 56.2 Å². The van der Waals surface area contributed by atoms with E-state index >= 15 is 0 Å². The first-order chi connectivity index (χ1) is 13.4. The van der Waals surface area contributed by atoms with Gasteiger partial charge in [-0.3, -0.25) is 9.59 Å². The molecule has 1 amide bonds. The summed E-state index contributed by atoms with van der Waals surface area (Å²) < 4.78 is 10.9. The molecule has 1 aliphatic heterocycles. The Morgan fingerprint density at radius 1 is 1.14 bits per heavy atom. The second kappa shape index (κ2) is 8.93. The molecule has 1 saturated heterocycles. The van der Waals surface area contributed by atoms with Crippen LogP contribution >= 0.6 is 11.6 Å². The highest BCUT2D eigenvalue weighted by molar-refractivity contribution is 6.30. The Hall–Kier alpha value is -2.80. The molecule has 0 spiro atoms. The van der Waals surface area contributed by atoms with Crippen molar-refractivity contribution in [2.45, 2.75) is 25.9 Å². The minimum atomic E-state index is -0.728. The molecular weight excluding hydrogens is 382 g/mol. The summed E-state index contributed by atoms with van der Waals surface area (Å²) in [4.78, 5) is 29.9. The third kappa shape index (κ3) is 5.13. The minimum Gasteiger partial charge on any atom is -0.481 e. The third-order valence-corrected chi connectivity index (χ3v) is 4.84. The molecule has 1 aromatic carbocycles. The number of benzene rings is 1. The zero-order valence-electron chi connectivity index (χ0n) is 15.5. The highest BCUT2D eigenvalue weighted by Gasteiger charge is 2.27. The Morgan fingerprint density at radius 3 is 2.36 bits per heavy atom. The lowest BCUT2D eigenvalue weighted by molar-refractivity contribution is -0.139. The van der Waals surface area contributed by atoms with Gasteiger partial charge in [0, 0.05) is 19.3 Å². The van der Waals surface area contributed by atoms with E-state index in [2.05, 4.69) is 9.88 Å². The number of nitrogens with zero attached hydrogens (tertiary/aromatic N) is 2. The van der Waals surface area contributed by atoms with Crippen LogP contribution in [0.2, 0.25) is 5.02 Å². The molecule has 2 N–H and O–H groups in total. The molecule has 28 heavy (non-hydrogen) atoms. The van der Waals surface area contributed by atoms with Crippen molar-refractivity contribution in [3.63, 3.8) is 0 Å². The molecule has 0 bridgehead atoms. The van der Waals surface area contributed by atoms with Crippen molar-refractivity contribution < 1.29 is 19.1 Å². The fourth-order valence-electron chi connectivity index (χ4n) is 2.95. The molecule has 0 radical (unpaired) electrons. The van der Waals surface area contributed by atoms with Gasteiger partial charge < -0.3 is 20.1 Å². The normalized spacial score (nSPS) is 15.7. The molecule has 2 aromatic rings. The second-order valence-electron chi connectivity index (χ2n) is 6.65. The number of hydrogen-bond donors (Lipinski definition) is 1. The van der Waals surface area contributed by atoms with Crippen LogP contribution in [-0.2, 0) is 9.59 Å².